The first-order valence-corrected chi connectivity index (χ1v) is 9.20. The van der Waals surface area contributed by atoms with E-state index in [1.54, 1.807) is 13.0 Å². The van der Waals surface area contributed by atoms with Crippen molar-refractivity contribution in [1.82, 2.24) is 10.2 Å². The average Bonchev–Trinajstić information content (AvgIpc) is 2.99. The Morgan fingerprint density at radius 1 is 1.40 bits per heavy atom. The van der Waals surface area contributed by atoms with Gasteiger partial charge in [-0.05, 0) is 57.6 Å². The molecule has 25 heavy (non-hydrogen) atoms. The molecule has 1 saturated carbocycles. The highest BCUT2D eigenvalue weighted by Gasteiger charge is 2.50. The van der Waals surface area contributed by atoms with Gasteiger partial charge in [0.2, 0.25) is 5.91 Å². The molecule has 1 saturated heterocycles. The van der Waals surface area contributed by atoms with Crippen LogP contribution in [0.15, 0.2) is 24.3 Å². The van der Waals surface area contributed by atoms with Gasteiger partial charge in [-0.25, -0.2) is 0 Å². The second-order valence-corrected chi connectivity index (χ2v) is 7.56. The van der Waals surface area contributed by atoms with Gasteiger partial charge in [0.1, 0.15) is 6.04 Å². The molecule has 1 aromatic carbocycles. The van der Waals surface area contributed by atoms with Crippen LogP contribution in [0.2, 0.25) is 0 Å². The lowest BCUT2D eigenvalue weighted by Crippen LogP contribution is -2.49. The summed E-state index contributed by atoms with van der Waals surface area (Å²) in [6, 6.07) is 6.90. The van der Waals surface area contributed by atoms with Crippen molar-refractivity contribution in [1.29, 1.82) is 0 Å². The molecule has 1 heterocycles. The molecule has 3 rings (SSSR count). The molecule has 2 amide bonds. The Morgan fingerprint density at radius 3 is 2.84 bits per heavy atom. The van der Waals surface area contributed by atoms with E-state index >= 15 is 0 Å². The second-order valence-electron chi connectivity index (χ2n) is 7.56. The van der Waals surface area contributed by atoms with Crippen LogP contribution in [0, 0.1) is 12.3 Å². The largest absolute Gasteiger partial charge is 0.378 e. The Morgan fingerprint density at radius 2 is 2.16 bits per heavy atom. The maximum atomic E-state index is 12.7. The van der Waals surface area contributed by atoms with Gasteiger partial charge in [0.05, 0.1) is 6.10 Å². The number of likely N-dealkylation sites (tertiary alicyclic amines) is 1. The van der Waals surface area contributed by atoms with Gasteiger partial charge in [0, 0.05) is 25.3 Å². The molecule has 1 atom stereocenters. The van der Waals surface area contributed by atoms with E-state index in [0.29, 0.717) is 11.7 Å². The Bertz CT molecular complexity index is 652. The third-order valence-corrected chi connectivity index (χ3v) is 5.47. The zero-order chi connectivity index (χ0) is 18.0. The summed E-state index contributed by atoms with van der Waals surface area (Å²) in [5.41, 5.74) is 1.87. The SMILES string of the molecule is CCOC1CC2(CCN(C(=O)C(C)NC(=O)c3cccc(C)c3)C2)C1. The summed E-state index contributed by atoms with van der Waals surface area (Å²) in [5, 5.41) is 2.84. The average molecular weight is 344 g/mol. The van der Waals surface area contributed by atoms with E-state index in [-0.39, 0.29) is 17.2 Å². The van der Waals surface area contributed by atoms with Crippen LogP contribution in [0.3, 0.4) is 0 Å². The van der Waals surface area contributed by atoms with Crippen LogP contribution in [0.5, 0.6) is 0 Å². The molecule has 2 aliphatic rings. The first-order chi connectivity index (χ1) is 11.9. The first kappa shape index (κ1) is 17.9. The molecule has 0 bridgehead atoms. The highest BCUT2D eigenvalue weighted by molar-refractivity contribution is 5.97. The lowest BCUT2D eigenvalue weighted by Gasteiger charge is -2.44. The van der Waals surface area contributed by atoms with Gasteiger partial charge in [-0.2, -0.15) is 0 Å². The molecular weight excluding hydrogens is 316 g/mol. The maximum absolute atomic E-state index is 12.7. The van der Waals surface area contributed by atoms with Crippen molar-refractivity contribution in [2.45, 2.75) is 52.2 Å². The van der Waals surface area contributed by atoms with Crippen LogP contribution >= 0.6 is 0 Å². The van der Waals surface area contributed by atoms with Crippen LogP contribution in [0.1, 0.15) is 49.0 Å². The fourth-order valence-corrected chi connectivity index (χ4v) is 4.12. The molecule has 1 N–H and O–H groups in total. The van der Waals surface area contributed by atoms with Crippen LogP contribution in [-0.2, 0) is 9.53 Å². The Balaban J connectivity index is 1.52. The number of ether oxygens (including phenoxy) is 1. The Labute approximate surface area is 149 Å². The number of carbonyl (C=O) groups excluding carboxylic acids is 2. The third kappa shape index (κ3) is 3.87. The molecule has 1 aliphatic heterocycles. The number of benzene rings is 1. The van der Waals surface area contributed by atoms with E-state index in [1.165, 1.54) is 0 Å². The number of rotatable bonds is 5. The zero-order valence-corrected chi connectivity index (χ0v) is 15.4. The highest BCUT2D eigenvalue weighted by atomic mass is 16.5. The number of hydrogen-bond donors (Lipinski definition) is 1. The van der Waals surface area contributed by atoms with Gasteiger partial charge in [-0.3, -0.25) is 9.59 Å². The lowest BCUT2D eigenvalue weighted by molar-refractivity contribution is -0.133. The molecule has 0 radical (unpaired) electrons. The number of hydrogen-bond acceptors (Lipinski definition) is 3. The second kappa shape index (κ2) is 7.16. The van der Waals surface area contributed by atoms with Crippen molar-refractivity contribution in [3.8, 4) is 0 Å². The predicted molar refractivity (Wildman–Crippen MR) is 96.4 cm³/mol. The van der Waals surface area contributed by atoms with Crippen molar-refractivity contribution >= 4 is 11.8 Å². The maximum Gasteiger partial charge on any atom is 0.251 e. The predicted octanol–water partition coefficient (Wildman–Crippen LogP) is 2.53. The molecule has 5 nitrogen and oxygen atoms in total. The quantitative estimate of drug-likeness (QED) is 0.893. The molecule has 1 unspecified atom stereocenters. The lowest BCUT2D eigenvalue weighted by atomic mass is 9.66. The summed E-state index contributed by atoms with van der Waals surface area (Å²) in [6.07, 6.45) is 3.50. The van der Waals surface area contributed by atoms with Gasteiger partial charge >= 0.3 is 0 Å². The van der Waals surface area contributed by atoms with Crippen LogP contribution in [0.25, 0.3) is 0 Å². The van der Waals surface area contributed by atoms with E-state index in [4.69, 9.17) is 4.74 Å². The van der Waals surface area contributed by atoms with E-state index in [2.05, 4.69) is 5.32 Å². The van der Waals surface area contributed by atoms with Crippen molar-refractivity contribution in [2.75, 3.05) is 19.7 Å². The third-order valence-electron chi connectivity index (χ3n) is 5.47. The zero-order valence-electron chi connectivity index (χ0n) is 15.4. The standard InChI is InChI=1S/C20H28N2O3/c1-4-25-17-11-20(12-17)8-9-22(13-20)19(24)15(3)21-18(23)16-7-5-6-14(2)10-16/h5-7,10,15,17H,4,8-9,11-13H2,1-3H3,(H,21,23). The summed E-state index contributed by atoms with van der Waals surface area (Å²) in [5.74, 6) is -0.184. The van der Waals surface area contributed by atoms with Crippen LogP contribution in [-0.4, -0.2) is 48.6 Å². The van der Waals surface area contributed by atoms with Crippen molar-refractivity contribution < 1.29 is 14.3 Å². The molecule has 1 spiro atoms. The fourth-order valence-electron chi connectivity index (χ4n) is 4.12. The number of carbonyl (C=O) groups is 2. The van der Waals surface area contributed by atoms with Gasteiger partial charge in [-0.1, -0.05) is 17.7 Å². The highest BCUT2D eigenvalue weighted by Crippen LogP contribution is 2.49. The van der Waals surface area contributed by atoms with E-state index in [9.17, 15) is 9.59 Å². The normalized spacial score (nSPS) is 26.4. The van der Waals surface area contributed by atoms with Crippen molar-refractivity contribution in [3.05, 3.63) is 35.4 Å². The molecular formula is C20H28N2O3. The summed E-state index contributed by atoms with van der Waals surface area (Å²) >= 11 is 0. The summed E-state index contributed by atoms with van der Waals surface area (Å²) in [7, 11) is 0. The van der Waals surface area contributed by atoms with Crippen molar-refractivity contribution in [3.63, 3.8) is 0 Å². The molecule has 1 aliphatic carbocycles. The number of aryl methyl sites for hydroxylation is 1. The minimum atomic E-state index is -0.508. The summed E-state index contributed by atoms with van der Waals surface area (Å²) in [4.78, 5) is 26.9. The molecule has 2 fully saturated rings. The monoisotopic (exact) mass is 344 g/mol. The number of amides is 2. The first-order valence-electron chi connectivity index (χ1n) is 9.20. The fraction of sp³-hybridized carbons (Fsp3) is 0.600. The van der Waals surface area contributed by atoms with E-state index in [1.807, 2.05) is 36.9 Å². The van der Waals surface area contributed by atoms with Crippen LogP contribution in [0.4, 0.5) is 0 Å². The van der Waals surface area contributed by atoms with E-state index in [0.717, 1.165) is 44.5 Å². The van der Waals surface area contributed by atoms with Gasteiger partial charge in [-0.15, -0.1) is 0 Å². The van der Waals surface area contributed by atoms with Gasteiger partial charge in [0.15, 0.2) is 0 Å². The molecule has 5 heteroatoms. The topological polar surface area (TPSA) is 58.6 Å². The number of nitrogens with one attached hydrogen (secondary N) is 1. The minimum Gasteiger partial charge on any atom is -0.378 e. The number of nitrogens with zero attached hydrogens (tertiary/aromatic N) is 1. The molecule has 136 valence electrons. The molecule has 1 aromatic rings. The van der Waals surface area contributed by atoms with Crippen molar-refractivity contribution in [2.24, 2.45) is 5.41 Å². The van der Waals surface area contributed by atoms with Gasteiger partial charge < -0.3 is 15.0 Å². The van der Waals surface area contributed by atoms with E-state index < -0.39 is 6.04 Å². The minimum absolute atomic E-state index is 0.0118. The Kier molecular flexibility index (Phi) is 5.13. The van der Waals surface area contributed by atoms with Crippen LogP contribution < -0.4 is 5.32 Å². The smallest absolute Gasteiger partial charge is 0.251 e. The molecule has 0 aromatic heterocycles. The van der Waals surface area contributed by atoms with Gasteiger partial charge in [0.25, 0.3) is 5.91 Å². The summed E-state index contributed by atoms with van der Waals surface area (Å²) < 4.78 is 5.66. The Hall–Kier alpha value is -1.88. The summed E-state index contributed by atoms with van der Waals surface area (Å²) in [6.45, 7) is 8.07.